The summed E-state index contributed by atoms with van der Waals surface area (Å²) in [6.45, 7) is 2.36. The second-order valence-electron chi connectivity index (χ2n) is 6.61. The first kappa shape index (κ1) is 20.3. The topological polar surface area (TPSA) is 61.1 Å². The lowest BCUT2D eigenvalue weighted by molar-refractivity contribution is -0.118. The number of hydrogen-bond acceptors (Lipinski definition) is 5. The number of rotatable bonds is 8. The van der Waals surface area contributed by atoms with Gasteiger partial charge in [0.1, 0.15) is 5.76 Å². The summed E-state index contributed by atoms with van der Waals surface area (Å²) < 4.78 is 21.6. The summed E-state index contributed by atoms with van der Waals surface area (Å²) in [5.41, 5.74) is 2.70. The Labute approximate surface area is 170 Å². The molecule has 0 bridgehead atoms. The molecular weight excluding hydrogens is 370 g/mol. The van der Waals surface area contributed by atoms with Crippen molar-refractivity contribution in [1.29, 1.82) is 0 Å². The highest BCUT2D eigenvalue weighted by Crippen LogP contribution is 2.38. The van der Waals surface area contributed by atoms with E-state index < -0.39 is 0 Å². The predicted molar refractivity (Wildman–Crippen MR) is 111 cm³/mol. The monoisotopic (exact) mass is 395 g/mol. The van der Waals surface area contributed by atoms with Crippen LogP contribution in [-0.4, -0.2) is 27.2 Å². The molecule has 0 aliphatic heterocycles. The number of carbonyl (C=O) groups excluding carboxylic acids is 1. The molecule has 0 atom stereocenters. The van der Waals surface area contributed by atoms with Gasteiger partial charge in [0, 0.05) is 5.69 Å². The summed E-state index contributed by atoms with van der Waals surface area (Å²) in [5.74, 6) is 2.17. The van der Waals surface area contributed by atoms with Gasteiger partial charge in [0.15, 0.2) is 11.5 Å². The van der Waals surface area contributed by atoms with Crippen molar-refractivity contribution in [3.05, 3.63) is 71.7 Å². The van der Waals surface area contributed by atoms with Gasteiger partial charge in [-0.3, -0.25) is 4.79 Å². The lowest BCUT2D eigenvalue weighted by Gasteiger charge is -2.23. The Bertz CT molecular complexity index is 923. The number of amides is 1. The Kier molecular flexibility index (Phi) is 6.44. The molecule has 0 radical (unpaired) electrons. The zero-order chi connectivity index (χ0) is 20.8. The third kappa shape index (κ3) is 4.71. The van der Waals surface area contributed by atoms with Crippen LogP contribution >= 0.6 is 0 Å². The molecule has 0 spiro atoms. The molecule has 0 aliphatic rings. The Morgan fingerprint density at radius 1 is 0.966 bits per heavy atom. The van der Waals surface area contributed by atoms with E-state index in [1.165, 1.54) is 0 Å². The highest BCUT2D eigenvalue weighted by molar-refractivity contribution is 5.94. The summed E-state index contributed by atoms with van der Waals surface area (Å²) in [5, 5.41) is 0. The maximum absolute atomic E-state index is 13.2. The average Bonchev–Trinajstić information content (AvgIpc) is 3.25. The van der Waals surface area contributed by atoms with Gasteiger partial charge in [0.05, 0.1) is 40.6 Å². The molecule has 1 aromatic heterocycles. The number of carbonyl (C=O) groups is 1. The van der Waals surface area contributed by atoms with Gasteiger partial charge < -0.3 is 23.5 Å². The van der Waals surface area contributed by atoms with Crippen molar-refractivity contribution in [1.82, 2.24) is 0 Å². The molecule has 3 rings (SSSR count). The van der Waals surface area contributed by atoms with Crippen LogP contribution in [0.25, 0.3) is 0 Å². The normalized spacial score (nSPS) is 10.5. The van der Waals surface area contributed by atoms with Crippen molar-refractivity contribution >= 4 is 11.6 Å². The number of furan rings is 1. The van der Waals surface area contributed by atoms with Crippen molar-refractivity contribution in [2.45, 2.75) is 19.9 Å². The Morgan fingerprint density at radius 2 is 1.62 bits per heavy atom. The Morgan fingerprint density at radius 3 is 2.14 bits per heavy atom. The fourth-order valence-corrected chi connectivity index (χ4v) is 3.11. The molecule has 1 amide bonds. The number of benzene rings is 2. The van der Waals surface area contributed by atoms with Crippen LogP contribution in [0, 0.1) is 6.92 Å². The molecule has 1 heterocycles. The summed E-state index contributed by atoms with van der Waals surface area (Å²) >= 11 is 0. The molecule has 0 saturated heterocycles. The van der Waals surface area contributed by atoms with Crippen LogP contribution in [0.2, 0.25) is 0 Å². The van der Waals surface area contributed by atoms with Gasteiger partial charge in [-0.25, -0.2) is 0 Å². The zero-order valence-corrected chi connectivity index (χ0v) is 17.1. The number of aryl methyl sites for hydroxylation is 1. The van der Waals surface area contributed by atoms with Crippen LogP contribution in [0.5, 0.6) is 17.2 Å². The third-order valence-electron chi connectivity index (χ3n) is 4.62. The fourth-order valence-electron chi connectivity index (χ4n) is 3.11. The van der Waals surface area contributed by atoms with Crippen molar-refractivity contribution in [2.24, 2.45) is 0 Å². The van der Waals surface area contributed by atoms with Crippen LogP contribution in [0.15, 0.2) is 59.2 Å². The molecule has 3 aromatic rings. The fraction of sp³-hybridized carbons (Fsp3) is 0.261. The van der Waals surface area contributed by atoms with E-state index in [1.54, 1.807) is 44.6 Å². The first-order valence-electron chi connectivity index (χ1n) is 9.24. The van der Waals surface area contributed by atoms with Crippen molar-refractivity contribution in [3.63, 3.8) is 0 Å². The van der Waals surface area contributed by atoms with Gasteiger partial charge in [-0.05, 0) is 48.9 Å². The number of anilines is 1. The van der Waals surface area contributed by atoms with E-state index in [4.69, 9.17) is 18.6 Å². The standard InChI is InChI=1S/C23H25NO5/c1-16-7-9-18(10-8-16)24(15-19-6-5-11-29-19)22(25)14-17-12-20(26-2)23(28-4)21(13-17)27-3/h5-13H,14-15H2,1-4H3. The molecule has 2 aromatic carbocycles. The molecule has 6 nitrogen and oxygen atoms in total. The van der Waals surface area contributed by atoms with Crippen LogP contribution in [0.3, 0.4) is 0 Å². The third-order valence-corrected chi connectivity index (χ3v) is 4.62. The highest BCUT2D eigenvalue weighted by Gasteiger charge is 2.20. The molecule has 6 heteroatoms. The minimum atomic E-state index is -0.0699. The van der Waals surface area contributed by atoms with E-state index >= 15 is 0 Å². The van der Waals surface area contributed by atoms with Crippen LogP contribution in [0.1, 0.15) is 16.9 Å². The number of ether oxygens (including phenoxy) is 3. The van der Waals surface area contributed by atoms with E-state index in [-0.39, 0.29) is 12.3 Å². The first-order valence-corrected chi connectivity index (χ1v) is 9.24. The molecule has 0 aliphatic carbocycles. The van der Waals surface area contributed by atoms with Crippen molar-refractivity contribution in [3.8, 4) is 17.2 Å². The highest BCUT2D eigenvalue weighted by atomic mass is 16.5. The minimum absolute atomic E-state index is 0.0699. The second kappa shape index (κ2) is 9.19. The van der Waals surface area contributed by atoms with E-state index in [1.807, 2.05) is 43.3 Å². The largest absolute Gasteiger partial charge is 0.493 e. The molecule has 152 valence electrons. The van der Waals surface area contributed by atoms with Crippen molar-refractivity contribution < 1.29 is 23.4 Å². The van der Waals surface area contributed by atoms with E-state index in [0.29, 0.717) is 29.6 Å². The molecule has 0 saturated carbocycles. The smallest absolute Gasteiger partial charge is 0.231 e. The summed E-state index contributed by atoms with van der Waals surface area (Å²) in [6.07, 6.45) is 1.78. The van der Waals surface area contributed by atoms with E-state index in [0.717, 1.165) is 16.8 Å². The molecule has 29 heavy (non-hydrogen) atoms. The average molecular weight is 395 g/mol. The quantitative estimate of drug-likeness (QED) is 0.566. The first-order chi connectivity index (χ1) is 14.0. The molecule has 0 unspecified atom stereocenters. The van der Waals surface area contributed by atoms with Gasteiger partial charge in [0.2, 0.25) is 11.7 Å². The zero-order valence-electron chi connectivity index (χ0n) is 17.1. The number of nitrogens with zero attached hydrogens (tertiary/aromatic N) is 1. The van der Waals surface area contributed by atoms with Gasteiger partial charge in [0.25, 0.3) is 0 Å². The van der Waals surface area contributed by atoms with E-state index in [2.05, 4.69) is 0 Å². The maximum Gasteiger partial charge on any atom is 0.231 e. The predicted octanol–water partition coefficient (Wildman–Crippen LogP) is 4.39. The van der Waals surface area contributed by atoms with Gasteiger partial charge in [-0.2, -0.15) is 0 Å². The Hall–Kier alpha value is -3.41. The maximum atomic E-state index is 13.2. The van der Waals surface area contributed by atoms with Crippen LogP contribution < -0.4 is 19.1 Å². The molecule has 0 N–H and O–H groups in total. The van der Waals surface area contributed by atoms with Gasteiger partial charge in [-0.15, -0.1) is 0 Å². The number of hydrogen-bond donors (Lipinski definition) is 0. The molecular formula is C23H25NO5. The number of methoxy groups -OCH3 is 3. The minimum Gasteiger partial charge on any atom is -0.493 e. The lowest BCUT2D eigenvalue weighted by Crippen LogP contribution is -2.31. The lowest BCUT2D eigenvalue weighted by atomic mass is 10.1. The van der Waals surface area contributed by atoms with Crippen LogP contribution in [-0.2, 0) is 17.8 Å². The summed E-state index contributed by atoms with van der Waals surface area (Å²) in [7, 11) is 4.66. The van der Waals surface area contributed by atoms with E-state index in [9.17, 15) is 4.79 Å². The second-order valence-corrected chi connectivity index (χ2v) is 6.61. The van der Waals surface area contributed by atoms with Crippen LogP contribution in [0.4, 0.5) is 5.69 Å². The van der Waals surface area contributed by atoms with Crippen molar-refractivity contribution in [2.75, 3.05) is 26.2 Å². The van der Waals surface area contributed by atoms with Gasteiger partial charge >= 0.3 is 0 Å². The summed E-state index contributed by atoms with van der Waals surface area (Å²) in [4.78, 5) is 15.0. The SMILES string of the molecule is COc1cc(CC(=O)N(Cc2ccco2)c2ccc(C)cc2)cc(OC)c1OC. The molecule has 0 fully saturated rings. The summed E-state index contributed by atoms with van der Waals surface area (Å²) in [6, 6.07) is 15.1. The van der Waals surface area contributed by atoms with Gasteiger partial charge in [-0.1, -0.05) is 17.7 Å². The Balaban J connectivity index is 1.91.